The van der Waals surface area contributed by atoms with Gasteiger partial charge in [-0.1, -0.05) is 60.7 Å². The predicted octanol–water partition coefficient (Wildman–Crippen LogP) is 3.93. The largest absolute Gasteiger partial charge is 0.392 e. The molecule has 4 N–H and O–H groups in total. The molecule has 6 rings (SSSR count). The number of hydrogen-bond donors (Lipinski definition) is 4. The van der Waals surface area contributed by atoms with Crippen LogP contribution in [0.5, 0.6) is 0 Å². The molecule has 49 heavy (non-hydrogen) atoms. The van der Waals surface area contributed by atoms with Crippen LogP contribution in [0.4, 0.5) is 0 Å². The summed E-state index contributed by atoms with van der Waals surface area (Å²) in [6.07, 6.45) is 0.880. The van der Waals surface area contributed by atoms with Crippen molar-refractivity contribution in [2.24, 2.45) is 0 Å². The minimum atomic E-state index is -0.392. The van der Waals surface area contributed by atoms with E-state index in [1.165, 1.54) is 0 Å². The van der Waals surface area contributed by atoms with Gasteiger partial charge in [-0.3, -0.25) is 29.3 Å². The molecule has 0 fully saturated rings. The van der Waals surface area contributed by atoms with Gasteiger partial charge in [-0.2, -0.15) is 0 Å². The molecule has 0 bridgehead atoms. The molecule has 0 saturated heterocycles. The number of rotatable bonds is 13. The van der Waals surface area contributed by atoms with E-state index >= 15 is 0 Å². The van der Waals surface area contributed by atoms with Crippen molar-refractivity contribution in [2.45, 2.75) is 58.6 Å². The lowest BCUT2D eigenvalue weighted by Gasteiger charge is -2.23. The highest BCUT2D eigenvalue weighted by atomic mass is 16.3. The summed E-state index contributed by atoms with van der Waals surface area (Å²) in [4.78, 5) is 62.8. The maximum atomic E-state index is 13.1. The summed E-state index contributed by atoms with van der Waals surface area (Å²) in [7, 11) is 0. The van der Waals surface area contributed by atoms with Crippen molar-refractivity contribution in [2.75, 3.05) is 0 Å². The number of amides is 5. The number of nitrogens with one attached hydrogen (secondary N) is 3. The molecule has 250 valence electrons. The van der Waals surface area contributed by atoms with Crippen LogP contribution in [0.3, 0.4) is 0 Å². The number of carbonyl (C=O) groups excluding carboxylic acids is 5. The van der Waals surface area contributed by atoms with Crippen molar-refractivity contribution in [3.8, 4) is 0 Å². The fraction of sp³-hybridized carbons (Fsp3) is 0.237. The maximum Gasteiger partial charge on any atom is 0.254 e. The molecule has 0 radical (unpaired) electrons. The van der Waals surface area contributed by atoms with Gasteiger partial charge in [-0.15, -0.1) is 0 Å². The van der Waals surface area contributed by atoms with E-state index in [9.17, 15) is 29.1 Å². The van der Waals surface area contributed by atoms with Gasteiger partial charge in [0.05, 0.1) is 12.1 Å². The number of imide groups is 1. The number of para-hydroxylation sites is 2. The number of hydrogen-bond acceptors (Lipinski definition) is 6. The van der Waals surface area contributed by atoms with E-state index in [2.05, 4.69) is 16.0 Å². The molecule has 1 atom stereocenters. The van der Waals surface area contributed by atoms with Gasteiger partial charge in [0.1, 0.15) is 6.54 Å². The highest BCUT2D eigenvalue weighted by molar-refractivity contribution is 6.09. The van der Waals surface area contributed by atoms with Gasteiger partial charge in [0.2, 0.25) is 18.2 Å². The monoisotopic (exact) mass is 659 g/mol. The smallest absolute Gasteiger partial charge is 0.254 e. The first-order valence-corrected chi connectivity index (χ1v) is 16.2. The zero-order chi connectivity index (χ0) is 34.5. The van der Waals surface area contributed by atoms with Crippen LogP contribution in [0.15, 0.2) is 84.9 Å². The Balaban J connectivity index is 1.01. The second-order valence-corrected chi connectivity index (χ2v) is 12.2. The van der Waals surface area contributed by atoms with Crippen molar-refractivity contribution in [3.63, 3.8) is 0 Å². The molecule has 1 aromatic heterocycles. The van der Waals surface area contributed by atoms with Crippen LogP contribution in [-0.2, 0) is 47.2 Å². The zero-order valence-electron chi connectivity index (χ0n) is 27.1. The number of fused-ring (bicyclic) bond motifs is 4. The van der Waals surface area contributed by atoms with Gasteiger partial charge in [-0.05, 0) is 54.3 Å². The lowest BCUT2D eigenvalue weighted by Crippen LogP contribution is -2.34. The van der Waals surface area contributed by atoms with Crippen molar-refractivity contribution >= 4 is 51.8 Å². The predicted molar refractivity (Wildman–Crippen MR) is 184 cm³/mol. The third kappa shape index (κ3) is 7.07. The van der Waals surface area contributed by atoms with Crippen molar-refractivity contribution in [3.05, 3.63) is 118 Å². The third-order valence-corrected chi connectivity index (χ3v) is 9.05. The van der Waals surface area contributed by atoms with Gasteiger partial charge in [-0.25, -0.2) is 0 Å². The molecular weight excluding hydrogens is 622 g/mol. The molecule has 2 heterocycles. The average molecular weight is 660 g/mol. The maximum absolute atomic E-state index is 13.1. The molecule has 4 aromatic carbocycles. The normalized spacial score (nSPS) is 12.9. The Labute approximate surface area is 282 Å². The van der Waals surface area contributed by atoms with E-state index < -0.39 is 5.91 Å². The minimum absolute atomic E-state index is 0.111. The second-order valence-electron chi connectivity index (χ2n) is 12.2. The SMILES string of the molecule is CC(CCC(=O)NC=O)N1Cc2cc(C(=O)NCc3ccc(CNC(=O)Cn4c5ccccc5c5cccc(CO)c54)cc3)ccc2C1=O. The van der Waals surface area contributed by atoms with Crippen LogP contribution in [0.2, 0.25) is 0 Å². The van der Waals surface area contributed by atoms with Gasteiger partial charge in [0.25, 0.3) is 11.8 Å². The number of benzene rings is 4. The fourth-order valence-corrected chi connectivity index (χ4v) is 6.41. The second kappa shape index (κ2) is 14.5. The fourth-order valence-electron chi connectivity index (χ4n) is 6.41. The standard InChI is InChI=1S/C38H37N5O6/c1-24(9-16-34(46)41-23-45)42-20-29-17-27(14-15-30(29)38(42)49)37(48)40-19-26-12-10-25(11-13-26)18-39-35(47)21-43-33-8-3-2-6-31(33)32-7-4-5-28(22-44)36(32)43/h2-8,10-15,17,23-24,44H,9,16,18-22H2,1H3,(H,39,47)(H,40,48)(H,41,45,46). The molecule has 0 saturated carbocycles. The Hall–Kier alpha value is -5.81. The van der Waals surface area contributed by atoms with E-state index in [-0.39, 0.29) is 43.3 Å². The summed E-state index contributed by atoms with van der Waals surface area (Å²) in [6.45, 7) is 2.82. The Morgan fingerprint density at radius 1 is 0.878 bits per heavy atom. The van der Waals surface area contributed by atoms with Crippen LogP contribution in [-0.4, -0.2) is 50.7 Å². The van der Waals surface area contributed by atoms with Crippen molar-refractivity contribution < 1.29 is 29.1 Å². The van der Waals surface area contributed by atoms with Crippen LogP contribution < -0.4 is 16.0 Å². The first kappa shape index (κ1) is 33.1. The van der Waals surface area contributed by atoms with Crippen molar-refractivity contribution in [1.29, 1.82) is 0 Å². The molecule has 0 aliphatic carbocycles. The van der Waals surface area contributed by atoms with E-state index in [0.29, 0.717) is 43.6 Å². The van der Waals surface area contributed by atoms with E-state index in [4.69, 9.17) is 0 Å². The summed E-state index contributed by atoms with van der Waals surface area (Å²) in [5, 5.41) is 20.0. The molecule has 1 aliphatic rings. The summed E-state index contributed by atoms with van der Waals surface area (Å²) >= 11 is 0. The molecule has 0 spiro atoms. The number of aromatic nitrogens is 1. The van der Waals surface area contributed by atoms with E-state index in [1.54, 1.807) is 23.1 Å². The van der Waals surface area contributed by atoms with Crippen LogP contribution in [0.25, 0.3) is 21.8 Å². The Morgan fingerprint density at radius 3 is 2.33 bits per heavy atom. The van der Waals surface area contributed by atoms with Gasteiger partial charge < -0.3 is 25.2 Å². The first-order chi connectivity index (χ1) is 23.8. The van der Waals surface area contributed by atoms with E-state index in [0.717, 1.165) is 44.1 Å². The number of aliphatic hydroxyl groups is 1. The Kier molecular flexibility index (Phi) is 9.82. The number of aliphatic hydroxyl groups excluding tert-OH is 1. The quantitative estimate of drug-likeness (QED) is 0.141. The topological polar surface area (TPSA) is 150 Å². The number of nitrogens with zero attached hydrogens (tertiary/aromatic N) is 2. The van der Waals surface area contributed by atoms with Gasteiger partial charge in [0, 0.05) is 65.1 Å². The third-order valence-electron chi connectivity index (χ3n) is 9.05. The summed E-state index contributed by atoms with van der Waals surface area (Å²) < 4.78 is 1.95. The molecule has 1 unspecified atom stereocenters. The lowest BCUT2D eigenvalue weighted by atomic mass is 10.1. The lowest BCUT2D eigenvalue weighted by molar-refractivity contribution is -0.125. The molecular formula is C38H37N5O6. The van der Waals surface area contributed by atoms with Crippen LogP contribution in [0, 0.1) is 0 Å². The first-order valence-electron chi connectivity index (χ1n) is 16.2. The van der Waals surface area contributed by atoms with Gasteiger partial charge >= 0.3 is 0 Å². The summed E-state index contributed by atoms with van der Waals surface area (Å²) in [6, 6.07) is 26.1. The number of carbonyl (C=O) groups is 5. The van der Waals surface area contributed by atoms with Crippen molar-refractivity contribution in [1.82, 2.24) is 25.4 Å². The average Bonchev–Trinajstić information content (AvgIpc) is 3.63. The highest BCUT2D eigenvalue weighted by Crippen LogP contribution is 2.31. The van der Waals surface area contributed by atoms with Gasteiger partial charge in [0.15, 0.2) is 0 Å². The molecule has 1 aliphatic heterocycles. The summed E-state index contributed by atoms with van der Waals surface area (Å²) in [5.41, 5.74) is 6.08. The molecule has 11 heteroatoms. The van der Waals surface area contributed by atoms with E-state index in [1.807, 2.05) is 78.2 Å². The minimum Gasteiger partial charge on any atom is -0.392 e. The summed E-state index contributed by atoms with van der Waals surface area (Å²) in [5.74, 6) is -0.958. The van der Waals surface area contributed by atoms with Crippen LogP contribution in [0.1, 0.15) is 62.7 Å². The highest BCUT2D eigenvalue weighted by Gasteiger charge is 2.31. The zero-order valence-corrected chi connectivity index (χ0v) is 27.1. The molecule has 5 amide bonds. The molecule has 5 aromatic rings. The Bertz CT molecular complexity index is 2070. The Morgan fingerprint density at radius 2 is 1.59 bits per heavy atom. The molecule has 11 nitrogen and oxygen atoms in total. The van der Waals surface area contributed by atoms with Crippen LogP contribution >= 0.6 is 0 Å².